The maximum absolute atomic E-state index is 14.5. The van der Waals surface area contributed by atoms with Crippen molar-refractivity contribution in [1.82, 2.24) is 10.2 Å². The molecule has 4 rings (SSSR count). The summed E-state index contributed by atoms with van der Waals surface area (Å²) in [5.74, 6) is 0.0561. The SMILES string of the molecule is CC(C(=O)Nc1cc(C2CC2)[nH]n1)c1ccc(-c2ccccc2)c(F)c1. The number of carbonyl (C=O) groups is 1. The lowest BCUT2D eigenvalue weighted by atomic mass is 9.96. The molecule has 1 aliphatic rings. The summed E-state index contributed by atoms with van der Waals surface area (Å²) in [7, 11) is 0. The highest BCUT2D eigenvalue weighted by Crippen LogP contribution is 2.39. The average molecular weight is 349 g/mol. The molecule has 0 radical (unpaired) electrons. The van der Waals surface area contributed by atoms with Crippen molar-refractivity contribution in [3.63, 3.8) is 0 Å². The van der Waals surface area contributed by atoms with Gasteiger partial charge in [-0.05, 0) is 37.0 Å². The third-order valence-corrected chi connectivity index (χ3v) is 4.84. The molecule has 0 aliphatic heterocycles. The Morgan fingerprint density at radius 1 is 1.19 bits per heavy atom. The van der Waals surface area contributed by atoms with Crippen LogP contribution in [-0.2, 0) is 4.79 Å². The molecule has 1 atom stereocenters. The quantitative estimate of drug-likeness (QED) is 0.693. The molecule has 1 saturated carbocycles. The van der Waals surface area contributed by atoms with E-state index < -0.39 is 5.92 Å². The molecule has 132 valence electrons. The Labute approximate surface area is 151 Å². The van der Waals surface area contributed by atoms with Gasteiger partial charge in [-0.1, -0.05) is 42.5 Å². The predicted octanol–water partition coefficient (Wildman–Crippen LogP) is 4.84. The third kappa shape index (κ3) is 3.38. The first kappa shape index (κ1) is 16.5. The second kappa shape index (κ2) is 6.75. The van der Waals surface area contributed by atoms with Crippen LogP contribution in [-0.4, -0.2) is 16.1 Å². The Balaban J connectivity index is 1.49. The molecule has 1 heterocycles. The molecule has 0 bridgehead atoms. The summed E-state index contributed by atoms with van der Waals surface area (Å²) in [4.78, 5) is 12.5. The number of carbonyl (C=O) groups excluding carboxylic acids is 1. The topological polar surface area (TPSA) is 57.8 Å². The number of rotatable bonds is 5. The van der Waals surface area contributed by atoms with Crippen molar-refractivity contribution in [3.05, 3.63) is 71.7 Å². The van der Waals surface area contributed by atoms with E-state index in [0.29, 0.717) is 22.9 Å². The molecule has 1 aromatic heterocycles. The van der Waals surface area contributed by atoms with E-state index in [0.717, 1.165) is 11.3 Å². The van der Waals surface area contributed by atoms with Crippen LogP contribution >= 0.6 is 0 Å². The highest BCUT2D eigenvalue weighted by molar-refractivity contribution is 5.95. The van der Waals surface area contributed by atoms with E-state index >= 15 is 0 Å². The predicted molar refractivity (Wildman–Crippen MR) is 99.4 cm³/mol. The lowest BCUT2D eigenvalue weighted by Crippen LogP contribution is -2.19. The van der Waals surface area contributed by atoms with E-state index in [1.54, 1.807) is 19.1 Å². The third-order valence-electron chi connectivity index (χ3n) is 4.84. The van der Waals surface area contributed by atoms with Crippen molar-refractivity contribution in [3.8, 4) is 11.1 Å². The smallest absolute Gasteiger partial charge is 0.232 e. The van der Waals surface area contributed by atoms with E-state index in [9.17, 15) is 9.18 Å². The van der Waals surface area contributed by atoms with Crippen molar-refractivity contribution in [2.45, 2.75) is 31.6 Å². The van der Waals surface area contributed by atoms with Crippen LogP contribution in [0.1, 0.15) is 42.9 Å². The van der Waals surface area contributed by atoms with Crippen LogP contribution in [0.25, 0.3) is 11.1 Å². The number of halogens is 1. The molecule has 4 nitrogen and oxygen atoms in total. The maximum Gasteiger partial charge on any atom is 0.232 e. The Morgan fingerprint density at radius 3 is 2.65 bits per heavy atom. The van der Waals surface area contributed by atoms with Gasteiger partial charge in [0.15, 0.2) is 5.82 Å². The number of amides is 1. The Bertz CT molecular complexity index is 931. The van der Waals surface area contributed by atoms with Crippen LogP contribution < -0.4 is 5.32 Å². The summed E-state index contributed by atoms with van der Waals surface area (Å²) >= 11 is 0. The van der Waals surface area contributed by atoms with Crippen molar-refractivity contribution in [2.24, 2.45) is 0 Å². The minimum absolute atomic E-state index is 0.203. The van der Waals surface area contributed by atoms with Gasteiger partial charge in [0.1, 0.15) is 5.82 Å². The number of hydrogen-bond acceptors (Lipinski definition) is 2. The molecule has 5 heteroatoms. The van der Waals surface area contributed by atoms with Crippen LogP contribution in [0, 0.1) is 5.82 Å². The number of aromatic nitrogens is 2. The number of nitrogens with one attached hydrogen (secondary N) is 2. The zero-order chi connectivity index (χ0) is 18.1. The first-order chi connectivity index (χ1) is 12.6. The molecular weight excluding hydrogens is 329 g/mol. The largest absolute Gasteiger partial charge is 0.309 e. The molecule has 1 amide bonds. The van der Waals surface area contributed by atoms with E-state index in [4.69, 9.17) is 0 Å². The highest BCUT2D eigenvalue weighted by atomic mass is 19.1. The minimum atomic E-state index is -0.476. The van der Waals surface area contributed by atoms with E-state index in [1.165, 1.54) is 18.9 Å². The maximum atomic E-state index is 14.5. The van der Waals surface area contributed by atoms with Gasteiger partial charge in [-0.25, -0.2) is 4.39 Å². The van der Waals surface area contributed by atoms with Gasteiger partial charge in [-0.3, -0.25) is 9.89 Å². The summed E-state index contributed by atoms with van der Waals surface area (Å²) in [6, 6.07) is 16.2. The molecule has 2 N–H and O–H groups in total. The molecule has 2 aromatic carbocycles. The van der Waals surface area contributed by atoms with E-state index in [2.05, 4.69) is 15.5 Å². The first-order valence-corrected chi connectivity index (χ1v) is 8.83. The number of H-pyrrole nitrogens is 1. The molecule has 0 saturated heterocycles. The molecular formula is C21H20FN3O. The minimum Gasteiger partial charge on any atom is -0.309 e. The lowest BCUT2D eigenvalue weighted by molar-refractivity contribution is -0.117. The Hall–Kier alpha value is -2.95. The van der Waals surface area contributed by atoms with Crippen LogP contribution in [0.4, 0.5) is 10.2 Å². The molecule has 1 unspecified atom stereocenters. The monoisotopic (exact) mass is 349 g/mol. The normalized spacial score (nSPS) is 14.8. The summed E-state index contributed by atoms with van der Waals surface area (Å²) in [6.07, 6.45) is 2.33. The average Bonchev–Trinajstić information content (AvgIpc) is 3.41. The highest BCUT2D eigenvalue weighted by Gasteiger charge is 2.26. The van der Waals surface area contributed by atoms with Crippen LogP contribution in [0.5, 0.6) is 0 Å². The summed E-state index contributed by atoms with van der Waals surface area (Å²) in [6.45, 7) is 1.76. The van der Waals surface area contributed by atoms with Gasteiger partial charge in [0, 0.05) is 23.2 Å². The van der Waals surface area contributed by atoms with Gasteiger partial charge in [0.25, 0.3) is 0 Å². The van der Waals surface area contributed by atoms with Crippen molar-refractivity contribution >= 4 is 11.7 Å². The van der Waals surface area contributed by atoms with Gasteiger partial charge in [-0.15, -0.1) is 0 Å². The van der Waals surface area contributed by atoms with Crippen molar-refractivity contribution < 1.29 is 9.18 Å². The Morgan fingerprint density at radius 2 is 1.96 bits per heavy atom. The fourth-order valence-electron chi connectivity index (χ4n) is 3.04. The van der Waals surface area contributed by atoms with Gasteiger partial charge in [0.05, 0.1) is 5.92 Å². The fourth-order valence-corrected chi connectivity index (χ4v) is 3.04. The van der Waals surface area contributed by atoms with E-state index in [1.807, 2.05) is 36.4 Å². The number of nitrogens with zero attached hydrogens (tertiary/aromatic N) is 1. The molecule has 0 spiro atoms. The summed E-state index contributed by atoms with van der Waals surface area (Å²) < 4.78 is 14.5. The number of hydrogen-bond donors (Lipinski definition) is 2. The van der Waals surface area contributed by atoms with Crippen LogP contribution in [0.2, 0.25) is 0 Å². The lowest BCUT2D eigenvalue weighted by Gasteiger charge is -2.13. The van der Waals surface area contributed by atoms with Gasteiger partial charge >= 0.3 is 0 Å². The summed E-state index contributed by atoms with van der Waals surface area (Å²) in [5.41, 5.74) is 3.05. The van der Waals surface area contributed by atoms with Crippen LogP contribution in [0.3, 0.4) is 0 Å². The number of anilines is 1. The standard InChI is InChI=1S/C21H20FN3O/c1-13(21(26)23-20-12-19(24-25-20)15-7-8-15)16-9-10-17(18(22)11-16)14-5-3-2-4-6-14/h2-6,9-13,15H,7-8H2,1H3,(H2,23,24,25,26). The number of aromatic amines is 1. The molecule has 1 fully saturated rings. The first-order valence-electron chi connectivity index (χ1n) is 8.83. The van der Waals surface area contributed by atoms with Gasteiger partial charge < -0.3 is 5.32 Å². The molecule has 1 aliphatic carbocycles. The second-order valence-corrected chi connectivity index (χ2v) is 6.80. The zero-order valence-electron chi connectivity index (χ0n) is 14.5. The van der Waals surface area contributed by atoms with Crippen molar-refractivity contribution in [1.29, 1.82) is 0 Å². The van der Waals surface area contributed by atoms with Gasteiger partial charge in [0.2, 0.25) is 5.91 Å². The van der Waals surface area contributed by atoms with Crippen LogP contribution in [0.15, 0.2) is 54.6 Å². The molecule has 3 aromatic rings. The fraction of sp³-hybridized carbons (Fsp3) is 0.238. The van der Waals surface area contributed by atoms with Crippen molar-refractivity contribution in [2.75, 3.05) is 5.32 Å². The second-order valence-electron chi connectivity index (χ2n) is 6.80. The zero-order valence-corrected chi connectivity index (χ0v) is 14.5. The van der Waals surface area contributed by atoms with E-state index in [-0.39, 0.29) is 11.7 Å². The van der Waals surface area contributed by atoms with Gasteiger partial charge in [-0.2, -0.15) is 5.10 Å². The Kier molecular flexibility index (Phi) is 4.29. The molecule has 26 heavy (non-hydrogen) atoms. The summed E-state index contributed by atoms with van der Waals surface area (Å²) in [5, 5.41) is 9.90. The number of benzene rings is 2.